The number of carbonyl (C=O) groups excluding carboxylic acids is 1. The standard InChI is InChI=1S/C14H11BrN2O/c15-12-6-3-11(4-7-12)5-8-14(18)17-13-2-1-9-16-10-13/h1-10H,(H,17,18)/b8-5+. The number of carbonyl (C=O) groups is 1. The predicted octanol–water partition coefficient (Wildman–Crippen LogP) is 3.50. The third kappa shape index (κ3) is 3.82. The van der Waals surface area contributed by atoms with Crippen LogP contribution in [0.15, 0.2) is 59.3 Å². The molecule has 3 nitrogen and oxygen atoms in total. The van der Waals surface area contributed by atoms with Gasteiger partial charge < -0.3 is 5.32 Å². The molecule has 0 aliphatic rings. The van der Waals surface area contributed by atoms with E-state index in [2.05, 4.69) is 26.2 Å². The highest BCUT2D eigenvalue weighted by molar-refractivity contribution is 9.10. The second-order valence-electron chi connectivity index (χ2n) is 3.62. The van der Waals surface area contributed by atoms with Crippen molar-refractivity contribution in [2.45, 2.75) is 0 Å². The molecule has 2 aromatic rings. The number of hydrogen-bond donors (Lipinski definition) is 1. The molecule has 0 saturated carbocycles. The molecule has 0 saturated heterocycles. The topological polar surface area (TPSA) is 42.0 Å². The van der Waals surface area contributed by atoms with Crippen molar-refractivity contribution in [2.24, 2.45) is 0 Å². The van der Waals surface area contributed by atoms with Crippen molar-refractivity contribution in [3.8, 4) is 0 Å². The van der Waals surface area contributed by atoms with Crippen LogP contribution in [0.25, 0.3) is 6.08 Å². The molecule has 1 aromatic heterocycles. The van der Waals surface area contributed by atoms with Gasteiger partial charge in [-0.15, -0.1) is 0 Å². The van der Waals surface area contributed by atoms with Crippen LogP contribution in [-0.4, -0.2) is 10.9 Å². The van der Waals surface area contributed by atoms with Gasteiger partial charge in [0.1, 0.15) is 0 Å². The highest BCUT2D eigenvalue weighted by Gasteiger charge is 1.96. The molecule has 2 rings (SSSR count). The number of halogens is 1. The molecule has 90 valence electrons. The average Bonchev–Trinajstić information content (AvgIpc) is 2.39. The molecule has 0 aliphatic carbocycles. The Bertz CT molecular complexity index is 550. The van der Waals surface area contributed by atoms with Gasteiger partial charge in [-0.05, 0) is 35.9 Å². The van der Waals surface area contributed by atoms with Gasteiger partial charge in [-0.2, -0.15) is 0 Å². The van der Waals surface area contributed by atoms with E-state index in [9.17, 15) is 4.79 Å². The van der Waals surface area contributed by atoms with Crippen LogP contribution in [0.5, 0.6) is 0 Å². The zero-order chi connectivity index (χ0) is 12.8. The van der Waals surface area contributed by atoms with Gasteiger partial charge in [-0.3, -0.25) is 9.78 Å². The fraction of sp³-hybridized carbons (Fsp3) is 0. The van der Waals surface area contributed by atoms with Crippen molar-refractivity contribution in [1.29, 1.82) is 0 Å². The molecule has 4 heteroatoms. The minimum atomic E-state index is -0.175. The first-order chi connectivity index (χ1) is 8.74. The minimum Gasteiger partial charge on any atom is -0.321 e. The SMILES string of the molecule is O=C(/C=C/c1ccc(Br)cc1)Nc1cccnc1. The van der Waals surface area contributed by atoms with Crippen molar-refractivity contribution >= 4 is 33.6 Å². The zero-order valence-corrected chi connectivity index (χ0v) is 11.1. The van der Waals surface area contributed by atoms with Crippen molar-refractivity contribution in [1.82, 2.24) is 4.98 Å². The summed E-state index contributed by atoms with van der Waals surface area (Å²) in [7, 11) is 0. The van der Waals surface area contributed by atoms with Crippen LogP contribution >= 0.6 is 15.9 Å². The van der Waals surface area contributed by atoms with Crippen LogP contribution in [0.2, 0.25) is 0 Å². The molecular formula is C14H11BrN2O. The maximum Gasteiger partial charge on any atom is 0.248 e. The van der Waals surface area contributed by atoms with Gasteiger partial charge in [-0.1, -0.05) is 28.1 Å². The fourth-order valence-corrected chi connectivity index (χ4v) is 1.63. The number of nitrogens with zero attached hydrogens (tertiary/aromatic N) is 1. The maximum atomic E-state index is 11.6. The first-order valence-corrected chi connectivity index (χ1v) is 6.18. The Hall–Kier alpha value is -1.94. The van der Waals surface area contributed by atoms with E-state index in [0.29, 0.717) is 5.69 Å². The van der Waals surface area contributed by atoms with Gasteiger partial charge in [-0.25, -0.2) is 0 Å². The van der Waals surface area contributed by atoms with E-state index >= 15 is 0 Å². The second kappa shape index (κ2) is 6.12. The summed E-state index contributed by atoms with van der Waals surface area (Å²) >= 11 is 3.36. The number of benzene rings is 1. The number of aromatic nitrogens is 1. The van der Waals surface area contributed by atoms with Crippen LogP contribution in [-0.2, 0) is 4.79 Å². The van der Waals surface area contributed by atoms with Crippen molar-refractivity contribution in [3.05, 3.63) is 64.9 Å². The summed E-state index contributed by atoms with van der Waals surface area (Å²) in [6.07, 6.45) is 6.52. The van der Waals surface area contributed by atoms with E-state index in [4.69, 9.17) is 0 Å². The summed E-state index contributed by atoms with van der Waals surface area (Å²) in [5.41, 5.74) is 1.66. The molecule has 1 amide bonds. The molecule has 0 spiro atoms. The zero-order valence-electron chi connectivity index (χ0n) is 9.51. The summed E-state index contributed by atoms with van der Waals surface area (Å²) < 4.78 is 1.01. The average molecular weight is 303 g/mol. The molecule has 0 atom stereocenters. The summed E-state index contributed by atoms with van der Waals surface area (Å²) in [6.45, 7) is 0. The van der Waals surface area contributed by atoms with Crippen LogP contribution in [0.1, 0.15) is 5.56 Å². The highest BCUT2D eigenvalue weighted by Crippen LogP contribution is 2.11. The lowest BCUT2D eigenvalue weighted by molar-refractivity contribution is -0.111. The maximum absolute atomic E-state index is 11.6. The molecular weight excluding hydrogens is 292 g/mol. The van der Waals surface area contributed by atoms with E-state index in [1.165, 1.54) is 6.08 Å². The van der Waals surface area contributed by atoms with Crippen LogP contribution < -0.4 is 5.32 Å². The Labute approximate surface area is 114 Å². The molecule has 18 heavy (non-hydrogen) atoms. The third-order valence-electron chi connectivity index (χ3n) is 2.23. The Balaban J connectivity index is 1.97. The molecule has 0 bridgehead atoms. The molecule has 0 radical (unpaired) electrons. The van der Waals surface area contributed by atoms with E-state index in [0.717, 1.165) is 10.0 Å². The normalized spacial score (nSPS) is 10.5. The van der Waals surface area contributed by atoms with Crippen molar-refractivity contribution in [2.75, 3.05) is 5.32 Å². The Kier molecular flexibility index (Phi) is 4.25. The molecule has 1 N–H and O–H groups in total. The smallest absolute Gasteiger partial charge is 0.248 e. The Morgan fingerprint density at radius 2 is 2.00 bits per heavy atom. The van der Waals surface area contributed by atoms with E-state index in [1.54, 1.807) is 30.6 Å². The minimum absolute atomic E-state index is 0.175. The number of hydrogen-bond acceptors (Lipinski definition) is 2. The van der Waals surface area contributed by atoms with Gasteiger partial charge in [0.05, 0.1) is 11.9 Å². The summed E-state index contributed by atoms with van der Waals surface area (Å²) in [6, 6.07) is 11.3. The van der Waals surface area contributed by atoms with E-state index < -0.39 is 0 Å². The molecule has 0 aliphatic heterocycles. The lowest BCUT2D eigenvalue weighted by Crippen LogP contribution is -2.07. The van der Waals surface area contributed by atoms with Gasteiger partial charge in [0, 0.05) is 16.7 Å². The number of nitrogens with one attached hydrogen (secondary N) is 1. The summed E-state index contributed by atoms with van der Waals surface area (Å²) in [5, 5.41) is 2.73. The lowest BCUT2D eigenvalue weighted by atomic mass is 10.2. The third-order valence-corrected chi connectivity index (χ3v) is 2.75. The summed E-state index contributed by atoms with van der Waals surface area (Å²) in [4.78, 5) is 15.5. The van der Waals surface area contributed by atoms with E-state index in [-0.39, 0.29) is 5.91 Å². The van der Waals surface area contributed by atoms with Crippen LogP contribution in [0.3, 0.4) is 0 Å². The molecule has 0 unspecified atom stereocenters. The summed E-state index contributed by atoms with van der Waals surface area (Å²) in [5.74, 6) is -0.175. The first-order valence-electron chi connectivity index (χ1n) is 5.39. The van der Waals surface area contributed by atoms with Crippen LogP contribution in [0.4, 0.5) is 5.69 Å². The predicted molar refractivity (Wildman–Crippen MR) is 76.0 cm³/mol. The van der Waals surface area contributed by atoms with Gasteiger partial charge in [0.2, 0.25) is 5.91 Å². The number of anilines is 1. The number of amides is 1. The lowest BCUT2D eigenvalue weighted by Gasteiger charge is -2.00. The number of pyridine rings is 1. The Morgan fingerprint density at radius 1 is 1.22 bits per heavy atom. The van der Waals surface area contributed by atoms with Crippen molar-refractivity contribution in [3.63, 3.8) is 0 Å². The molecule has 0 fully saturated rings. The van der Waals surface area contributed by atoms with E-state index in [1.807, 2.05) is 24.3 Å². The quantitative estimate of drug-likeness (QED) is 0.882. The van der Waals surface area contributed by atoms with Gasteiger partial charge >= 0.3 is 0 Å². The fourth-order valence-electron chi connectivity index (χ4n) is 1.37. The monoisotopic (exact) mass is 302 g/mol. The van der Waals surface area contributed by atoms with Gasteiger partial charge in [0.25, 0.3) is 0 Å². The highest BCUT2D eigenvalue weighted by atomic mass is 79.9. The first kappa shape index (κ1) is 12.5. The molecule has 1 heterocycles. The van der Waals surface area contributed by atoms with Crippen LogP contribution in [0, 0.1) is 0 Å². The second-order valence-corrected chi connectivity index (χ2v) is 4.53. The van der Waals surface area contributed by atoms with Crippen molar-refractivity contribution < 1.29 is 4.79 Å². The van der Waals surface area contributed by atoms with Gasteiger partial charge in [0.15, 0.2) is 0 Å². The Morgan fingerprint density at radius 3 is 2.67 bits per heavy atom. The largest absolute Gasteiger partial charge is 0.321 e. The molecule has 1 aromatic carbocycles. The number of rotatable bonds is 3.